The summed E-state index contributed by atoms with van der Waals surface area (Å²) < 4.78 is 48.4. The maximum absolute atomic E-state index is 12.8. The Bertz CT molecular complexity index is 661. The van der Waals surface area contributed by atoms with E-state index in [4.69, 9.17) is 9.47 Å². The van der Waals surface area contributed by atoms with Crippen molar-refractivity contribution in [1.29, 1.82) is 0 Å². The quantitative estimate of drug-likeness (QED) is 0.683. The van der Waals surface area contributed by atoms with Crippen LogP contribution in [0, 0.1) is 5.92 Å². The largest absolute Gasteiger partial charge is 0.467 e. The molecule has 1 aromatic carbocycles. The van der Waals surface area contributed by atoms with Crippen LogP contribution in [0.1, 0.15) is 18.1 Å². The van der Waals surface area contributed by atoms with Crippen molar-refractivity contribution in [3.8, 4) is 0 Å². The lowest BCUT2D eigenvalue weighted by Gasteiger charge is -2.38. The Hall–Kier alpha value is -1.61. The summed E-state index contributed by atoms with van der Waals surface area (Å²) >= 11 is 3.11. The van der Waals surface area contributed by atoms with Gasteiger partial charge in [0.25, 0.3) is 0 Å². The lowest BCUT2D eigenvalue weighted by molar-refractivity contribution is -0.164. The van der Waals surface area contributed by atoms with Gasteiger partial charge in [-0.3, -0.25) is 4.79 Å². The minimum atomic E-state index is -4.46. The van der Waals surface area contributed by atoms with Crippen molar-refractivity contribution in [2.24, 2.45) is 5.92 Å². The molecular weight excluding hydrogens is 407 g/mol. The maximum Gasteiger partial charge on any atom is 0.416 e. The number of esters is 1. The molecule has 0 saturated carbocycles. The van der Waals surface area contributed by atoms with E-state index in [0.717, 1.165) is 12.1 Å². The van der Waals surface area contributed by atoms with Crippen LogP contribution in [0.2, 0.25) is 0 Å². The number of alkyl halides is 3. The molecule has 0 N–H and O–H groups in total. The molecule has 1 amide bonds. The van der Waals surface area contributed by atoms with Gasteiger partial charge in [-0.1, -0.05) is 22.0 Å². The van der Waals surface area contributed by atoms with E-state index in [1.54, 1.807) is 0 Å². The first-order valence-corrected chi connectivity index (χ1v) is 8.23. The highest BCUT2D eigenvalue weighted by Crippen LogP contribution is 2.33. The van der Waals surface area contributed by atoms with Gasteiger partial charge in [-0.15, -0.1) is 0 Å². The van der Waals surface area contributed by atoms with E-state index in [-0.39, 0.29) is 22.8 Å². The third-order valence-electron chi connectivity index (χ3n) is 4.01. The van der Waals surface area contributed by atoms with Crippen LogP contribution in [0.15, 0.2) is 22.7 Å². The van der Waals surface area contributed by atoms with Crippen LogP contribution in [0.5, 0.6) is 0 Å². The molecule has 0 aliphatic carbocycles. The molecule has 25 heavy (non-hydrogen) atoms. The summed E-state index contributed by atoms with van der Waals surface area (Å²) in [6.07, 6.45) is -4.46. The van der Waals surface area contributed by atoms with Crippen molar-refractivity contribution in [2.75, 3.05) is 20.3 Å². The predicted octanol–water partition coefficient (Wildman–Crippen LogP) is 3.00. The minimum Gasteiger partial charge on any atom is -0.467 e. The number of carbonyl (C=O) groups is 2. The SMILES string of the molecule is COC(=O)C(C1COC1)N(Cc1ccc(C(F)(F)F)cc1Br)C(C)=O. The number of rotatable bonds is 5. The molecular formula is C16H17BrF3NO4. The van der Waals surface area contributed by atoms with Gasteiger partial charge in [-0.2, -0.15) is 13.2 Å². The van der Waals surface area contributed by atoms with Crippen molar-refractivity contribution < 1.29 is 32.2 Å². The Balaban J connectivity index is 2.29. The zero-order valence-electron chi connectivity index (χ0n) is 13.6. The van der Waals surface area contributed by atoms with Gasteiger partial charge < -0.3 is 14.4 Å². The Kier molecular flexibility index (Phi) is 6.10. The van der Waals surface area contributed by atoms with E-state index in [0.29, 0.717) is 18.8 Å². The molecule has 1 aliphatic heterocycles. The fourth-order valence-corrected chi connectivity index (χ4v) is 3.08. The van der Waals surface area contributed by atoms with Crippen LogP contribution in [-0.4, -0.2) is 43.1 Å². The first-order valence-electron chi connectivity index (χ1n) is 7.43. The smallest absolute Gasteiger partial charge is 0.416 e. The molecule has 1 fully saturated rings. The molecule has 9 heteroatoms. The van der Waals surface area contributed by atoms with E-state index in [9.17, 15) is 22.8 Å². The summed E-state index contributed by atoms with van der Waals surface area (Å²) in [5, 5.41) is 0. The zero-order valence-corrected chi connectivity index (χ0v) is 15.2. The average Bonchev–Trinajstić information content (AvgIpc) is 2.48. The molecule has 0 aromatic heterocycles. The van der Waals surface area contributed by atoms with E-state index in [2.05, 4.69) is 15.9 Å². The number of hydrogen-bond donors (Lipinski definition) is 0. The highest BCUT2D eigenvalue weighted by Gasteiger charge is 2.40. The molecule has 0 spiro atoms. The van der Waals surface area contributed by atoms with E-state index < -0.39 is 23.8 Å². The van der Waals surface area contributed by atoms with Gasteiger partial charge in [0.2, 0.25) is 5.91 Å². The van der Waals surface area contributed by atoms with Crippen molar-refractivity contribution in [2.45, 2.75) is 25.7 Å². The van der Waals surface area contributed by atoms with Crippen LogP contribution < -0.4 is 0 Å². The number of hydrogen-bond acceptors (Lipinski definition) is 4. The van der Waals surface area contributed by atoms with Crippen LogP contribution in [0.4, 0.5) is 13.2 Å². The van der Waals surface area contributed by atoms with Crippen LogP contribution in [-0.2, 0) is 31.8 Å². The van der Waals surface area contributed by atoms with Gasteiger partial charge in [0.1, 0.15) is 6.04 Å². The highest BCUT2D eigenvalue weighted by atomic mass is 79.9. The number of benzene rings is 1. The van der Waals surface area contributed by atoms with Crippen LogP contribution >= 0.6 is 15.9 Å². The first kappa shape index (κ1) is 19.7. The van der Waals surface area contributed by atoms with Crippen molar-refractivity contribution >= 4 is 27.8 Å². The second-order valence-corrected chi connectivity index (χ2v) is 6.57. The Morgan fingerprint density at radius 3 is 2.44 bits per heavy atom. The number of carbonyl (C=O) groups excluding carboxylic acids is 2. The van der Waals surface area contributed by atoms with Gasteiger partial charge in [0, 0.05) is 23.9 Å². The first-order chi connectivity index (χ1) is 11.6. The summed E-state index contributed by atoms with van der Waals surface area (Å²) in [6, 6.07) is 2.34. The van der Waals surface area contributed by atoms with Gasteiger partial charge in [0.15, 0.2) is 0 Å². The predicted molar refractivity (Wildman–Crippen MR) is 85.5 cm³/mol. The molecule has 1 saturated heterocycles. The summed E-state index contributed by atoms with van der Waals surface area (Å²) in [6.45, 7) is 1.91. The van der Waals surface area contributed by atoms with Crippen LogP contribution in [0.3, 0.4) is 0 Å². The van der Waals surface area contributed by atoms with Crippen molar-refractivity contribution in [1.82, 2.24) is 4.90 Å². The van der Waals surface area contributed by atoms with Crippen molar-refractivity contribution in [3.05, 3.63) is 33.8 Å². The molecule has 138 valence electrons. The third kappa shape index (κ3) is 4.52. The van der Waals surface area contributed by atoms with Gasteiger partial charge in [0.05, 0.1) is 25.9 Å². The Morgan fingerprint density at radius 2 is 2.04 bits per heavy atom. The third-order valence-corrected chi connectivity index (χ3v) is 4.75. The Morgan fingerprint density at radius 1 is 1.40 bits per heavy atom. The second-order valence-electron chi connectivity index (χ2n) is 5.72. The molecule has 0 radical (unpaired) electrons. The fraction of sp³-hybridized carbons (Fsp3) is 0.500. The molecule has 1 aliphatic rings. The lowest BCUT2D eigenvalue weighted by atomic mass is 9.95. The zero-order chi connectivity index (χ0) is 18.8. The maximum atomic E-state index is 12.8. The van der Waals surface area contributed by atoms with E-state index in [1.165, 1.54) is 25.0 Å². The number of halogens is 4. The Labute approximate surface area is 151 Å². The molecule has 2 rings (SSSR count). The van der Waals surface area contributed by atoms with Gasteiger partial charge >= 0.3 is 12.1 Å². The lowest BCUT2D eigenvalue weighted by Crippen LogP contribution is -2.54. The molecule has 1 aromatic rings. The number of methoxy groups -OCH3 is 1. The number of nitrogens with zero attached hydrogens (tertiary/aromatic N) is 1. The molecule has 5 nitrogen and oxygen atoms in total. The average molecular weight is 424 g/mol. The van der Waals surface area contributed by atoms with Crippen molar-refractivity contribution in [3.63, 3.8) is 0 Å². The summed E-state index contributed by atoms with van der Waals surface area (Å²) in [4.78, 5) is 25.5. The number of amides is 1. The topological polar surface area (TPSA) is 55.8 Å². The van der Waals surface area contributed by atoms with Gasteiger partial charge in [-0.05, 0) is 17.7 Å². The highest BCUT2D eigenvalue weighted by molar-refractivity contribution is 9.10. The molecule has 0 bridgehead atoms. The van der Waals surface area contributed by atoms with Gasteiger partial charge in [-0.25, -0.2) is 4.79 Å². The summed E-state index contributed by atoms with van der Waals surface area (Å²) in [5.74, 6) is -1.16. The minimum absolute atomic E-state index is 0.0235. The summed E-state index contributed by atoms with van der Waals surface area (Å²) in [7, 11) is 1.22. The van der Waals surface area contributed by atoms with E-state index >= 15 is 0 Å². The molecule has 1 atom stereocenters. The van der Waals surface area contributed by atoms with Crippen LogP contribution in [0.25, 0.3) is 0 Å². The summed E-state index contributed by atoms with van der Waals surface area (Å²) in [5.41, 5.74) is -0.341. The normalized spacial score (nSPS) is 16.1. The molecule has 1 unspecified atom stereocenters. The molecule has 1 heterocycles. The monoisotopic (exact) mass is 423 g/mol. The standard InChI is InChI=1S/C16H17BrF3NO4/c1-9(22)21(14(15(23)24-2)11-7-25-8-11)6-10-3-4-12(5-13(10)17)16(18,19)20/h3-5,11,14H,6-8H2,1-2H3. The second kappa shape index (κ2) is 7.74. The fourth-order valence-electron chi connectivity index (χ4n) is 2.57. The van der Waals surface area contributed by atoms with E-state index in [1.807, 2.05) is 0 Å². The number of ether oxygens (including phenoxy) is 2.